The highest BCUT2D eigenvalue weighted by Crippen LogP contribution is 2.16. The van der Waals surface area contributed by atoms with Gasteiger partial charge in [0.15, 0.2) is 6.23 Å². The summed E-state index contributed by atoms with van der Waals surface area (Å²) in [6, 6.07) is 18.1. The largest absolute Gasteiger partial charge is 0.468 e. The van der Waals surface area contributed by atoms with Crippen LogP contribution in [-0.2, 0) is 56.0 Å². The van der Waals surface area contributed by atoms with Gasteiger partial charge in [-0.25, -0.2) is 4.79 Å². The molecule has 0 aromatic heterocycles. The third-order valence-corrected chi connectivity index (χ3v) is 7.20. The highest BCUT2D eigenvalue weighted by atomic mass is 35.5. The first-order valence-electron chi connectivity index (χ1n) is 17.4. The minimum atomic E-state index is -0.623. The number of hydrogen-bond donors (Lipinski definition) is 4. The minimum absolute atomic E-state index is 0. The predicted molar refractivity (Wildman–Crippen MR) is 207 cm³/mol. The zero-order valence-electron chi connectivity index (χ0n) is 33.1. The highest BCUT2D eigenvalue weighted by Gasteiger charge is 2.36. The molecule has 1 heterocycles. The summed E-state index contributed by atoms with van der Waals surface area (Å²) < 4.78 is 18.4. The molecule has 1 saturated heterocycles. The number of esters is 2. The molecule has 0 bridgehead atoms. The lowest BCUT2D eigenvalue weighted by molar-refractivity contribution is -0.149. The van der Waals surface area contributed by atoms with Gasteiger partial charge in [-0.3, -0.25) is 29.3 Å². The first-order valence-corrected chi connectivity index (χ1v) is 17.4. The van der Waals surface area contributed by atoms with E-state index in [1.54, 1.807) is 53.4 Å². The van der Waals surface area contributed by atoms with E-state index < -0.39 is 30.0 Å². The Kier molecular flexibility index (Phi) is 26.5. The standard InChI is InChI=1S/C14H18N2O2.C11H15NO2.C9H17NO4.C4H9NO2.ClH/c1-3-12-14(18)16(10(2)13(17)15-12)9-11-7-5-4-6-8-11;1-9(11(13)14-2)12-8-10-6-4-3-5-7-10;1-5-7(13-6-11)10-8(12)14-9(2,3)4;1-3(5)4(6)7-2;/h4-8,10,12H,3,9H2,1-2H3,(H,15,17);3-7,9,12H,8H2,1-2H3;6-7H,5H2,1-4H3,(H,10,12);3H,5H2,1-2H3;1H/t10-,12+;9-;7-;3-;/m1111./s1. The van der Waals surface area contributed by atoms with E-state index in [0.29, 0.717) is 32.4 Å². The summed E-state index contributed by atoms with van der Waals surface area (Å²) in [5.41, 5.74) is 6.72. The van der Waals surface area contributed by atoms with E-state index >= 15 is 0 Å². The third kappa shape index (κ3) is 21.7. The van der Waals surface area contributed by atoms with E-state index in [9.17, 15) is 28.8 Å². The number of nitrogens with two attached hydrogens (primary N) is 1. The van der Waals surface area contributed by atoms with Crippen LogP contribution in [0.15, 0.2) is 60.7 Å². The van der Waals surface area contributed by atoms with Crippen LogP contribution in [0.25, 0.3) is 0 Å². The lowest BCUT2D eigenvalue weighted by atomic mass is 10.1. The van der Waals surface area contributed by atoms with Gasteiger partial charge < -0.3 is 40.2 Å². The number of hydrogen-bond acceptors (Lipinski definition) is 12. The van der Waals surface area contributed by atoms with Gasteiger partial charge in [-0.2, -0.15) is 0 Å². The molecule has 2 aromatic rings. The van der Waals surface area contributed by atoms with Gasteiger partial charge in [0, 0.05) is 19.5 Å². The zero-order chi connectivity index (χ0) is 40.6. The zero-order valence-corrected chi connectivity index (χ0v) is 33.9. The summed E-state index contributed by atoms with van der Waals surface area (Å²) in [6.07, 6.45) is -0.0887. The first kappa shape index (κ1) is 51.4. The molecule has 15 nitrogen and oxygen atoms in total. The number of piperazine rings is 1. The molecule has 0 unspecified atom stereocenters. The van der Waals surface area contributed by atoms with Gasteiger partial charge >= 0.3 is 18.0 Å². The Morgan fingerprint density at radius 1 is 0.926 bits per heavy atom. The molecule has 0 spiro atoms. The average Bonchev–Trinajstić information content (AvgIpc) is 3.13. The van der Waals surface area contributed by atoms with Crippen molar-refractivity contribution in [3.8, 4) is 0 Å². The number of rotatable bonds is 12. The van der Waals surface area contributed by atoms with E-state index in [-0.39, 0.29) is 48.2 Å². The Labute approximate surface area is 325 Å². The van der Waals surface area contributed by atoms with Crippen LogP contribution in [0.2, 0.25) is 0 Å². The molecule has 1 aliphatic rings. The van der Waals surface area contributed by atoms with Crippen molar-refractivity contribution >= 4 is 48.7 Å². The van der Waals surface area contributed by atoms with Gasteiger partial charge in [0.1, 0.15) is 29.8 Å². The van der Waals surface area contributed by atoms with E-state index in [0.717, 1.165) is 11.1 Å². The van der Waals surface area contributed by atoms with Crippen LogP contribution in [0.3, 0.4) is 0 Å². The molecule has 54 heavy (non-hydrogen) atoms. The summed E-state index contributed by atoms with van der Waals surface area (Å²) in [4.78, 5) is 68.1. The maximum Gasteiger partial charge on any atom is 0.410 e. The van der Waals surface area contributed by atoms with Crippen molar-refractivity contribution in [1.82, 2.24) is 20.9 Å². The van der Waals surface area contributed by atoms with Gasteiger partial charge in [-0.1, -0.05) is 74.5 Å². The highest BCUT2D eigenvalue weighted by molar-refractivity contribution is 5.96. The number of nitrogens with zero attached hydrogens (tertiary/aromatic N) is 1. The number of carbonyl (C=O) groups excluding carboxylic acids is 6. The second-order valence-corrected chi connectivity index (χ2v) is 12.8. The molecular weight excluding hydrogens is 722 g/mol. The van der Waals surface area contributed by atoms with Crippen LogP contribution >= 0.6 is 12.4 Å². The number of nitrogens with one attached hydrogen (secondary N) is 3. The summed E-state index contributed by atoms with van der Waals surface area (Å²) in [5, 5.41) is 8.24. The summed E-state index contributed by atoms with van der Waals surface area (Å²) >= 11 is 0. The monoisotopic (exact) mass is 781 g/mol. The molecule has 16 heteroatoms. The van der Waals surface area contributed by atoms with Crippen LogP contribution in [0.4, 0.5) is 4.79 Å². The van der Waals surface area contributed by atoms with Gasteiger partial charge in [0.2, 0.25) is 11.8 Å². The van der Waals surface area contributed by atoms with Crippen molar-refractivity contribution in [2.45, 2.75) is 117 Å². The molecule has 5 atom stereocenters. The Morgan fingerprint density at radius 2 is 1.44 bits per heavy atom. The number of ether oxygens (including phenoxy) is 4. The lowest BCUT2D eigenvalue weighted by Gasteiger charge is -2.37. The molecule has 1 fully saturated rings. The second kappa shape index (κ2) is 27.8. The smallest absolute Gasteiger partial charge is 0.410 e. The van der Waals surface area contributed by atoms with Gasteiger partial charge in [-0.05, 0) is 59.1 Å². The summed E-state index contributed by atoms with van der Waals surface area (Å²) in [7, 11) is 2.70. The van der Waals surface area contributed by atoms with Gasteiger partial charge in [-0.15, -0.1) is 12.4 Å². The third-order valence-electron chi connectivity index (χ3n) is 7.20. The summed E-state index contributed by atoms with van der Waals surface area (Å²) in [5.74, 6) is -0.674. The van der Waals surface area contributed by atoms with E-state index in [1.807, 2.05) is 67.6 Å². The molecule has 3 amide bonds. The van der Waals surface area contributed by atoms with Crippen molar-refractivity contribution in [2.75, 3.05) is 14.2 Å². The van der Waals surface area contributed by atoms with Crippen LogP contribution < -0.4 is 21.7 Å². The normalized spacial score (nSPS) is 16.2. The molecule has 0 saturated carbocycles. The Bertz CT molecular complexity index is 1390. The quantitative estimate of drug-likeness (QED) is 0.104. The van der Waals surface area contributed by atoms with E-state index in [2.05, 4.69) is 30.2 Å². The van der Waals surface area contributed by atoms with Crippen molar-refractivity contribution in [1.29, 1.82) is 0 Å². The van der Waals surface area contributed by atoms with Crippen molar-refractivity contribution in [3.63, 3.8) is 0 Å². The molecule has 3 rings (SSSR count). The number of carbonyl (C=O) groups is 6. The lowest BCUT2D eigenvalue weighted by Crippen LogP contribution is -2.61. The maximum absolute atomic E-state index is 12.2. The number of halogens is 1. The van der Waals surface area contributed by atoms with Crippen LogP contribution in [0.5, 0.6) is 0 Å². The summed E-state index contributed by atoms with van der Waals surface area (Å²) in [6.45, 7) is 15.6. The van der Waals surface area contributed by atoms with Crippen molar-refractivity contribution in [3.05, 3.63) is 71.8 Å². The first-order chi connectivity index (χ1) is 24.9. The molecule has 0 aliphatic carbocycles. The second-order valence-electron chi connectivity index (χ2n) is 12.8. The molecule has 5 N–H and O–H groups in total. The molecule has 1 aliphatic heterocycles. The number of amides is 3. The van der Waals surface area contributed by atoms with Crippen molar-refractivity contribution in [2.24, 2.45) is 5.73 Å². The Balaban J connectivity index is 0. The fraction of sp³-hybridized carbons (Fsp3) is 0.526. The number of alkyl carbamates (subject to hydrolysis) is 1. The minimum Gasteiger partial charge on any atom is -0.468 e. The van der Waals surface area contributed by atoms with Gasteiger partial charge in [0.25, 0.3) is 6.47 Å². The SMILES string of the molecule is CC[C@@H]1NC(=O)[C@@H](C)N(Cc2ccccc2)C1=O.CC[C@H](NC(=O)OC(C)(C)C)OC=O.COC(=O)[C@@H](C)N.COC(=O)[C@@H](C)NCc1ccccc1.Cl. The molecule has 304 valence electrons. The fourth-order valence-corrected chi connectivity index (χ4v) is 4.21. The number of benzene rings is 2. The Hall–Kier alpha value is -4.73. The topological polar surface area (TPSA) is 205 Å². The Morgan fingerprint density at radius 3 is 1.85 bits per heavy atom. The van der Waals surface area contributed by atoms with Gasteiger partial charge in [0.05, 0.1) is 14.2 Å². The van der Waals surface area contributed by atoms with Crippen LogP contribution in [0.1, 0.15) is 79.4 Å². The van der Waals surface area contributed by atoms with Crippen LogP contribution in [0, 0.1) is 0 Å². The molecule has 0 radical (unpaired) electrons. The molecular formula is C38H60ClN5O10. The van der Waals surface area contributed by atoms with Crippen LogP contribution in [-0.4, -0.2) is 91.4 Å². The fourth-order valence-electron chi connectivity index (χ4n) is 4.21. The van der Waals surface area contributed by atoms with E-state index in [1.165, 1.54) is 14.2 Å². The number of methoxy groups -OCH3 is 2. The van der Waals surface area contributed by atoms with Crippen molar-refractivity contribution < 1.29 is 47.7 Å². The average molecular weight is 782 g/mol. The van der Waals surface area contributed by atoms with E-state index in [4.69, 9.17) is 10.5 Å². The predicted octanol–water partition coefficient (Wildman–Crippen LogP) is 4.00. The molecule has 2 aromatic carbocycles. The maximum atomic E-state index is 12.2.